The molecule has 0 radical (unpaired) electrons. The van der Waals surface area contributed by atoms with E-state index < -0.39 is 0 Å². The number of nitrogens with one attached hydrogen (secondary N) is 2. The smallest absolute Gasteiger partial charge is 0.248 e. The summed E-state index contributed by atoms with van der Waals surface area (Å²) in [6, 6.07) is -0.221. The summed E-state index contributed by atoms with van der Waals surface area (Å²) < 4.78 is 5.04. The van der Waals surface area contributed by atoms with E-state index in [1.165, 1.54) is 12.8 Å². The molecule has 0 aliphatic carbocycles. The van der Waals surface area contributed by atoms with E-state index in [0.29, 0.717) is 24.1 Å². The van der Waals surface area contributed by atoms with Crippen LogP contribution < -0.4 is 10.6 Å². The lowest BCUT2D eigenvalue weighted by atomic mass is 9.93. The topological polar surface area (TPSA) is 80.0 Å². The Kier molecular flexibility index (Phi) is 6.95. The summed E-state index contributed by atoms with van der Waals surface area (Å²) in [4.78, 5) is 16.0. The van der Waals surface area contributed by atoms with Gasteiger partial charge in [-0.25, -0.2) is 0 Å². The fourth-order valence-electron chi connectivity index (χ4n) is 2.37. The van der Waals surface area contributed by atoms with Crippen LogP contribution in [0.25, 0.3) is 0 Å². The highest BCUT2D eigenvalue weighted by molar-refractivity contribution is 5.85. The van der Waals surface area contributed by atoms with Gasteiger partial charge in [0, 0.05) is 6.42 Å². The molecule has 1 aromatic heterocycles. The van der Waals surface area contributed by atoms with Crippen LogP contribution in [0.4, 0.5) is 0 Å². The number of hydrogen-bond donors (Lipinski definition) is 2. The van der Waals surface area contributed by atoms with Crippen molar-refractivity contribution in [3.05, 3.63) is 11.7 Å². The third kappa shape index (κ3) is 5.09. The number of carbonyl (C=O) groups excluding carboxylic acids is 1. The maximum Gasteiger partial charge on any atom is 0.248 e. The maximum atomic E-state index is 11.9. The summed E-state index contributed by atoms with van der Waals surface area (Å²) in [7, 11) is 0. The Morgan fingerprint density at radius 1 is 1.50 bits per heavy atom. The largest absolute Gasteiger partial charge is 0.345 e. The normalized spacial score (nSPS) is 17.3. The second-order valence-corrected chi connectivity index (χ2v) is 5.20. The van der Waals surface area contributed by atoms with Crippen LogP contribution in [0.1, 0.15) is 50.4 Å². The Labute approximate surface area is 125 Å². The third-order valence-electron chi connectivity index (χ3n) is 3.53. The highest BCUT2D eigenvalue weighted by atomic mass is 35.5. The van der Waals surface area contributed by atoms with Gasteiger partial charge in [-0.2, -0.15) is 4.98 Å². The molecule has 1 aliphatic rings. The number of aromatic nitrogens is 2. The van der Waals surface area contributed by atoms with Crippen molar-refractivity contribution in [3.8, 4) is 0 Å². The number of hydrogen-bond acceptors (Lipinski definition) is 5. The highest BCUT2D eigenvalue weighted by Gasteiger charge is 2.18. The van der Waals surface area contributed by atoms with Gasteiger partial charge in [0.25, 0.3) is 0 Å². The quantitative estimate of drug-likeness (QED) is 0.866. The molecule has 2 N–H and O–H groups in total. The Morgan fingerprint density at radius 3 is 2.80 bits per heavy atom. The summed E-state index contributed by atoms with van der Waals surface area (Å²) in [6.07, 6.45) is 3.88. The number of aryl methyl sites for hydroxylation is 1. The number of nitrogens with zero attached hydrogens (tertiary/aromatic N) is 2. The molecule has 1 aliphatic heterocycles. The molecule has 7 heteroatoms. The van der Waals surface area contributed by atoms with Crippen LogP contribution in [0, 0.1) is 12.8 Å². The number of amides is 1. The summed E-state index contributed by atoms with van der Waals surface area (Å²) >= 11 is 0. The molecular formula is C13H23ClN4O2. The van der Waals surface area contributed by atoms with Crippen molar-refractivity contribution in [1.82, 2.24) is 20.8 Å². The number of carbonyl (C=O) groups is 1. The zero-order chi connectivity index (χ0) is 13.7. The second kappa shape index (κ2) is 8.21. The van der Waals surface area contributed by atoms with Gasteiger partial charge >= 0.3 is 0 Å². The van der Waals surface area contributed by atoms with Gasteiger partial charge < -0.3 is 15.2 Å². The van der Waals surface area contributed by atoms with Gasteiger partial charge in [0.05, 0.1) is 0 Å². The van der Waals surface area contributed by atoms with Gasteiger partial charge in [0.2, 0.25) is 11.8 Å². The minimum Gasteiger partial charge on any atom is -0.345 e. The van der Waals surface area contributed by atoms with Gasteiger partial charge in [-0.15, -0.1) is 12.4 Å². The Hall–Kier alpha value is -1.14. The van der Waals surface area contributed by atoms with E-state index in [9.17, 15) is 4.79 Å². The first-order valence-electron chi connectivity index (χ1n) is 6.95. The van der Waals surface area contributed by atoms with Gasteiger partial charge in [-0.05, 0) is 52.1 Å². The van der Waals surface area contributed by atoms with E-state index in [0.717, 1.165) is 19.5 Å². The van der Waals surface area contributed by atoms with Crippen molar-refractivity contribution >= 4 is 18.3 Å². The molecule has 2 heterocycles. The average Bonchev–Trinajstić information content (AvgIpc) is 2.84. The second-order valence-electron chi connectivity index (χ2n) is 5.20. The molecular weight excluding hydrogens is 280 g/mol. The highest BCUT2D eigenvalue weighted by Crippen LogP contribution is 2.18. The Balaban J connectivity index is 0.00000200. The van der Waals surface area contributed by atoms with Crippen molar-refractivity contribution in [2.24, 2.45) is 5.92 Å². The molecule has 1 fully saturated rings. The van der Waals surface area contributed by atoms with E-state index in [2.05, 4.69) is 20.8 Å². The number of piperidine rings is 1. The first-order valence-corrected chi connectivity index (χ1v) is 6.95. The Bertz CT molecular complexity index is 418. The van der Waals surface area contributed by atoms with E-state index >= 15 is 0 Å². The number of rotatable bonds is 5. The molecule has 0 saturated carbocycles. The predicted octanol–water partition coefficient (Wildman–Crippen LogP) is 1.76. The lowest BCUT2D eigenvalue weighted by Crippen LogP contribution is -2.30. The minimum atomic E-state index is -0.221. The lowest BCUT2D eigenvalue weighted by Gasteiger charge is -2.22. The lowest BCUT2D eigenvalue weighted by molar-refractivity contribution is -0.122. The third-order valence-corrected chi connectivity index (χ3v) is 3.53. The van der Waals surface area contributed by atoms with Crippen LogP contribution >= 0.6 is 12.4 Å². The SMILES string of the molecule is Cc1noc(C(C)NC(=O)CCC2CCNCC2)n1.Cl. The van der Waals surface area contributed by atoms with Crippen LogP contribution in [-0.4, -0.2) is 29.1 Å². The Morgan fingerprint density at radius 2 is 2.20 bits per heavy atom. The predicted molar refractivity (Wildman–Crippen MR) is 77.7 cm³/mol. The molecule has 1 aromatic rings. The van der Waals surface area contributed by atoms with Crippen LogP contribution in [0.5, 0.6) is 0 Å². The van der Waals surface area contributed by atoms with Crippen molar-refractivity contribution in [1.29, 1.82) is 0 Å². The first-order chi connectivity index (χ1) is 9.15. The monoisotopic (exact) mass is 302 g/mol. The zero-order valence-electron chi connectivity index (χ0n) is 12.0. The molecule has 1 amide bonds. The summed E-state index contributed by atoms with van der Waals surface area (Å²) in [5.74, 6) is 1.79. The van der Waals surface area contributed by atoms with Crippen LogP contribution in [0.15, 0.2) is 4.52 Å². The van der Waals surface area contributed by atoms with Crippen molar-refractivity contribution in [3.63, 3.8) is 0 Å². The molecule has 114 valence electrons. The van der Waals surface area contributed by atoms with E-state index in [4.69, 9.17) is 4.52 Å². The van der Waals surface area contributed by atoms with E-state index in [-0.39, 0.29) is 24.4 Å². The average molecular weight is 303 g/mol. The van der Waals surface area contributed by atoms with Crippen molar-refractivity contribution in [2.45, 2.75) is 45.6 Å². The molecule has 0 aromatic carbocycles. The van der Waals surface area contributed by atoms with Gasteiger partial charge in [-0.3, -0.25) is 4.79 Å². The van der Waals surface area contributed by atoms with E-state index in [1.54, 1.807) is 6.92 Å². The first kappa shape index (κ1) is 16.9. The molecule has 0 bridgehead atoms. The molecule has 6 nitrogen and oxygen atoms in total. The number of halogens is 1. The summed E-state index contributed by atoms with van der Waals surface area (Å²) in [5.41, 5.74) is 0. The maximum absolute atomic E-state index is 11.9. The molecule has 1 saturated heterocycles. The van der Waals surface area contributed by atoms with Crippen molar-refractivity contribution < 1.29 is 9.32 Å². The van der Waals surface area contributed by atoms with Gasteiger partial charge in [-0.1, -0.05) is 5.16 Å². The van der Waals surface area contributed by atoms with Crippen LogP contribution in [0.3, 0.4) is 0 Å². The molecule has 2 rings (SSSR count). The van der Waals surface area contributed by atoms with Crippen LogP contribution in [0.2, 0.25) is 0 Å². The molecule has 1 atom stereocenters. The van der Waals surface area contributed by atoms with Crippen molar-refractivity contribution in [2.75, 3.05) is 13.1 Å². The summed E-state index contributed by atoms with van der Waals surface area (Å²) in [5, 5.41) is 9.95. The van der Waals surface area contributed by atoms with Gasteiger partial charge in [0.15, 0.2) is 5.82 Å². The molecule has 0 spiro atoms. The molecule has 1 unspecified atom stereocenters. The van der Waals surface area contributed by atoms with Gasteiger partial charge in [0.1, 0.15) is 6.04 Å². The fourth-order valence-corrected chi connectivity index (χ4v) is 2.37. The molecule has 20 heavy (non-hydrogen) atoms. The van der Waals surface area contributed by atoms with E-state index in [1.807, 2.05) is 6.92 Å². The van der Waals surface area contributed by atoms with Crippen LogP contribution in [-0.2, 0) is 4.79 Å². The summed E-state index contributed by atoms with van der Waals surface area (Å²) in [6.45, 7) is 5.77. The minimum absolute atomic E-state index is 0. The standard InChI is InChI=1S/C13H22N4O2.ClH/c1-9(13-16-10(2)17-19-13)15-12(18)4-3-11-5-7-14-8-6-11;/h9,11,14H,3-8H2,1-2H3,(H,15,18);1H. The fraction of sp³-hybridized carbons (Fsp3) is 0.769. The zero-order valence-corrected chi connectivity index (χ0v) is 12.8.